The van der Waals surface area contributed by atoms with Crippen LogP contribution in [0.25, 0.3) is 10.9 Å². The summed E-state index contributed by atoms with van der Waals surface area (Å²) in [4.78, 5) is 0. The lowest BCUT2D eigenvalue weighted by Crippen LogP contribution is -2.15. The standard InChI is InChI=1S/C12H17N3/c1-12(2,3)8-15-7-9-4-5-10(13)6-11(9)14-15/h4-7H,8,13H2,1-3H3. The van der Waals surface area contributed by atoms with Gasteiger partial charge < -0.3 is 5.73 Å². The number of nitrogens with two attached hydrogens (primary N) is 1. The summed E-state index contributed by atoms with van der Waals surface area (Å²) >= 11 is 0. The number of hydrogen-bond donors (Lipinski definition) is 1. The molecular weight excluding hydrogens is 186 g/mol. The minimum Gasteiger partial charge on any atom is -0.399 e. The third-order valence-electron chi connectivity index (χ3n) is 2.22. The van der Waals surface area contributed by atoms with E-state index in [0.29, 0.717) is 0 Å². The molecule has 2 N–H and O–H groups in total. The zero-order valence-corrected chi connectivity index (χ0v) is 9.49. The third kappa shape index (κ3) is 2.29. The van der Waals surface area contributed by atoms with Gasteiger partial charge in [-0.25, -0.2) is 0 Å². The normalized spacial score (nSPS) is 12.2. The summed E-state index contributed by atoms with van der Waals surface area (Å²) in [6.07, 6.45) is 2.07. The highest BCUT2D eigenvalue weighted by molar-refractivity contribution is 5.81. The molecule has 3 nitrogen and oxygen atoms in total. The molecular formula is C12H17N3. The Morgan fingerprint density at radius 1 is 1.33 bits per heavy atom. The van der Waals surface area contributed by atoms with Crippen LogP contribution in [0.2, 0.25) is 0 Å². The molecule has 2 rings (SSSR count). The molecule has 0 radical (unpaired) electrons. The Labute approximate surface area is 89.9 Å². The average molecular weight is 203 g/mol. The molecule has 0 amide bonds. The maximum absolute atomic E-state index is 5.71. The summed E-state index contributed by atoms with van der Waals surface area (Å²) in [5.74, 6) is 0. The fourth-order valence-electron chi connectivity index (χ4n) is 1.65. The Kier molecular flexibility index (Phi) is 2.18. The summed E-state index contributed by atoms with van der Waals surface area (Å²) in [6, 6.07) is 5.83. The highest BCUT2D eigenvalue weighted by Gasteiger charge is 2.12. The van der Waals surface area contributed by atoms with Crippen molar-refractivity contribution < 1.29 is 0 Å². The van der Waals surface area contributed by atoms with Crippen molar-refractivity contribution in [2.24, 2.45) is 5.41 Å². The van der Waals surface area contributed by atoms with Gasteiger partial charge in [-0.05, 0) is 23.6 Å². The van der Waals surface area contributed by atoms with E-state index in [1.54, 1.807) is 0 Å². The monoisotopic (exact) mass is 203 g/mol. The van der Waals surface area contributed by atoms with Gasteiger partial charge in [0.1, 0.15) is 0 Å². The summed E-state index contributed by atoms with van der Waals surface area (Å²) in [6.45, 7) is 7.52. The van der Waals surface area contributed by atoms with Gasteiger partial charge in [0.15, 0.2) is 0 Å². The molecule has 0 bridgehead atoms. The van der Waals surface area contributed by atoms with Gasteiger partial charge in [0, 0.05) is 23.8 Å². The number of aromatic nitrogens is 2. The molecule has 0 aliphatic heterocycles. The summed E-state index contributed by atoms with van der Waals surface area (Å²) < 4.78 is 1.99. The highest BCUT2D eigenvalue weighted by Crippen LogP contribution is 2.20. The van der Waals surface area contributed by atoms with E-state index in [2.05, 4.69) is 32.1 Å². The molecule has 0 atom stereocenters. The Hall–Kier alpha value is -1.51. The van der Waals surface area contributed by atoms with Crippen molar-refractivity contribution >= 4 is 16.6 Å². The average Bonchev–Trinajstić information content (AvgIpc) is 2.42. The predicted octanol–water partition coefficient (Wildman–Crippen LogP) is 2.66. The lowest BCUT2D eigenvalue weighted by Gasteiger charge is -2.17. The molecule has 15 heavy (non-hydrogen) atoms. The largest absolute Gasteiger partial charge is 0.399 e. The summed E-state index contributed by atoms with van der Waals surface area (Å²) in [5.41, 5.74) is 7.69. The van der Waals surface area contributed by atoms with Crippen molar-refractivity contribution in [2.45, 2.75) is 27.3 Å². The molecule has 0 saturated heterocycles. The number of nitrogen functional groups attached to an aromatic ring is 1. The van der Waals surface area contributed by atoms with E-state index in [9.17, 15) is 0 Å². The van der Waals surface area contributed by atoms with Gasteiger partial charge in [-0.15, -0.1) is 0 Å². The highest BCUT2D eigenvalue weighted by atomic mass is 15.3. The van der Waals surface area contributed by atoms with Crippen molar-refractivity contribution in [1.82, 2.24) is 9.78 Å². The van der Waals surface area contributed by atoms with Crippen molar-refractivity contribution in [3.05, 3.63) is 24.4 Å². The number of rotatable bonds is 1. The number of hydrogen-bond acceptors (Lipinski definition) is 2. The topological polar surface area (TPSA) is 43.8 Å². The van der Waals surface area contributed by atoms with E-state index in [1.807, 2.05) is 22.9 Å². The number of fused-ring (bicyclic) bond motifs is 1. The predicted molar refractivity (Wildman–Crippen MR) is 63.6 cm³/mol. The van der Waals surface area contributed by atoms with Crippen molar-refractivity contribution in [3.8, 4) is 0 Å². The van der Waals surface area contributed by atoms with Crippen LogP contribution in [0, 0.1) is 5.41 Å². The molecule has 3 heteroatoms. The van der Waals surface area contributed by atoms with Crippen LogP contribution in [0.5, 0.6) is 0 Å². The van der Waals surface area contributed by atoms with Gasteiger partial charge >= 0.3 is 0 Å². The smallest absolute Gasteiger partial charge is 0.0943 e. The molecule has 80 valence electrons. The minimum absolute atomic E-state index is 0.244. The fraction of sp³-hybridized carbons (Fsp3) is 0.417. The van der Waals surface area contributed by atoms with E-state index in [1.165, 1.54) is 0 Å². The van der Waals surface area contributed by atoms with Crippen LogP contribution >= 0.6 is 0 Å². The lowest BCUT2D eigenvalue weighted by atomic mass is 9.97. The molecule has 0 unspecified atom stereocenters. The summed E-state index contributed by atoms with van der Waals surface area (Å²) in [5, 5.41) is 5.64. The first-order valence-electron chi connectivity index (χ1n) is 5.17. The van der Waals surface area contributed by atoms with Crippen molar-refractivity contribution in [3.63, 3.8) is 0 Å². The maximum atomic E-state index is 5.71. The first-order valence-corrected chi connectivity index (χ1v) is 5.17. The van der Waals surface area contributed by atoms with E-state index >= 15 is 0 Å². The van der Waals surface area contributed by atoms with Crippen LogP contribution in [-0.2, 0) is 6.54 Å². The number of nitrogens with zero attached hydrogens (tertiary/aromatic N) is 2. The first-order chi connectivity index (χ1) is 6.94. The quantitative estimate of drug-likeness (QED) is 0.724. The SMILES string of the molecule is CC(C)(C)Cn1cc2ccc(N)cc2n1. The van der Waals surface area contributed by atoms with Crippen molar-refractivity contribution in [2.75, 3.05) is 5.73 Å². The van der Waals surface area contributed by atoms with Crippen molar-refractivity contribution in [1.29, 1.82) is 0 Å². The van der Waals surface area contributed by atoms with Crippen LogP contribution in [0.3, 0.4) is 0 Å². The second kappa shape index (κ2) is 3.26. The molecule has 1 aromatic heterocycles. The van der Waals surface area contributed by atoms with E-state index in [0.717, 1.165) is 23.1 Å². The third-order valence-corrected chi connectivity index (χ3v) is 2.22. The number of benzene rings is 1. The fourth-order valence-corrected chi connectivity index (χ4v) is 1.65. The molecule has 0 fully saturated rings. The van der Waals surface area contributed by atoms with Gasteiger partial charge in [-0.2, -0.15) is 5.10 Å². The second-order valence-electron chi connectivity index (χ2n) is 5.21. The Morgan fingerprint density at radius 2 is 2.07 bits per heavy atom. The zero-order valence-electron chi connectivity index (χ0n) is 9.49. The van der Waals surface area contributed by atoms with Gasteiger partial charge in [0.25, 0.3) is 0 Å². The van der Waals surface area contributed by atoms with Gasteiger partial charge in [-0.3, -0.25) is 4.68 Å². The zero-order chi connectivity index (χ0) is 11.1. The van der Waals surface area contributed by atoms with E-state index in [4.69, 9.17) is 5.73 Å². The van der Waals surface area contributed by atoms with Crippen LogP contribution in [-0.4, -0.2) is 9.78 Å². The molecule has 0 spiro atoms. The molecule has 2 aromatic rings. The Bertz CT molecular complexity index is 477. The first kappa shape index (κ1) is 10.0. The van der Waals surface area contributed by atoms with Crippen LogP contribution in [0.15, 0.2) is 24.4 Å². The van der Waals surface area contributed by atoms with Crippen LogP contribution in [0.1, 0.15) is 20.8 Å². The van der Waals surface area contributed by atoms with E-state index < -0.39 is 0 Å². The summed E-state index contributed by atoms with van der Waals surface area (Å²) in [7, 11) is 0. The Morgan fingerprint density at radius 3 is 2.73 bits per heavy atom. The minimum atomic E-state index is 0.244. The van der Waals surface area contributed by atoms with Gasteiger partial charge in [0.05, 0.1) is 5.52 Å². The van der Waals surface area contributed by atoms with E-state index in [-0.39, 0.29) is 5.41 Å². The number of anilines is 1. The molecule has 1 aromatic carbocycles. The molecule has 0 saturated carbocycles. The van der Waals surface area contributed by atoms with Crippen LogP contribution in [0.4, 0.5) is 5.69 Å². The Balaban J connectivity index is 2.39. The van der Waals surface area contributed by atoms with Gasteiger partial charge in [0.2, 0.25) is 0 Å². The second-order valence-corrected chi connectivity index (χ2v) is 5.21. The molecule has 0 aliphatic carbocycles. The van der Waals surface area contributed by atoms with Gasteiger partial charge in [-0.1, -0.05) is 20.8 Å². The molecule has 0 aliphatic rings. The molecule has 1 heterocycles. The van der Waals surface area contributed by atoms with Crippen LogP contribution < -0.4 is 5.73 Å². The maximum Gasteiger partial charge on any atom is 0.0943 e. The lowest BCUT2D eigenvalue weighted by molar-refractivity contribution is 0.326.